The van der Waals surface area contributed by atoms with Crippen molar-refractivity contribution in [2.45, 2.75) is 13.5 Å². The largest absolute Gasteiger partial charge is 0.486 e. The predicted molar refractivity (Wildman–Crippen MR) is 84.8 cm³/mol. The zero-order valence-electron chi connectivity index (χ0n) is 12.2. The first-order chi connectivity index (χ1) is 10.6. The molecule has 0 aromatic heterocycles. The van der Waals surface area contributed by atoms with Gasteiger partial charge >= 0.3 is 0 Å². The molecule has 0 atom stereocenters. The molecule has 0 unspecified atom stereocenters. The van der Waals surface area contributed by atoms with Crippen LogP contribution in [0.25, 0.3) is 0 Å². The van der Waals surface area contributed by atoms with E-state index in [4.69, 9.17) is 21.1 Å². The summed E-state index contributed by atoms with van der Waals surface area (Å²) in [6, 6.07) is 11.0. The molecule has 2 aromatic rings. The molecule has 2 aromatic carbocycles. The Balaban J connectivity index is 1.73. The van der Waals surface area contributed by atoms with Gasteiger partial charge < -0.3 is 14.8 Å². The summed E-state index contributed by atoms with van der Waals surface area (Å²) in [5.74, 6) is 1.18. The van der Waals surface area contributed by atoms with Gasteiger partial charge in [-0.3, -0.25) is 4.79 Å². The van der Waals surface area contributed by atoms with Crippen LogP contribution < -0.4 is 14.8 Å². The van der Waals surface area contributed by atoms with E-state index in [1.807, 2.05) is 25.1 Å². The fourth-order valence-electron chi connectivity index (χ4n) is 2.31. The normalized spacial score (nSPS) is 12.8. The Bertz CT molecular complexity index is 698. The quantitative estimate of drug-likeness (QED) is 0.944. The second-order valence-electron chi connectivity index (χ2n) is 5.12. The molecule has 0 aliphatic carbocycles. The predicted octanol–water partition coefficient (Wildman–Crippen LogP) is 3.35. The standard InChI is InChI=1S/C17H16ClNO3/c1-11-8-15-16(22-7-6-21-15)9-14(11)17(20)19-10-12-2-4-13(18)5-3-12/h2-5,8-9H,6-7,10H2,1H3,(H,19,20). The lowest BCUT2D eigenvalue weighted by molar-refractivity contribution is 0.0949. The van der Waals surface area contributed by atoms with E-state index in [0.29, 0.717) is 41.8 Å². The summed E-state index contributed by atoms with van der Waals surface area (Å²) < 4.78 is 11.0. The SMILES string of the molecule is Cc1cc2c(cc1C(=O)NCc1ccc(Cl)cc1)OCCO2. The minimum atomic E-state index is -0.135. The number of fused-ring (bicyclic) bond motifs is 1. The van der Waals surface area contributed by atoms with Crippen LogP contribution in [0.3, 0.4) is 0 Å². The number of amides is 1. The highest BCUT2D eigenvalue weighted by Gasteiger charge is 2.17. The van der Waals surface area contributed by atoms with E-state index in [9.17, 15) is 4.79 Å². The molecule has 1 aliphatic rings. The Hall–Kier alpha value is -2.20. The van der Waals surface area contributed by atoms with Gasteiger partial charge in [-0.15, -0.1) is 0 Å². The Labute approximate surface area is 134 Å². The van der Waals surface area contributed by atoms with Gasteiger partial charge in [0.2, 0.25) is 0 Å². The molecule has 1 aliphatic heterocycles. The summed E-state index contributed by atoms with van der Waals surface area (Å²) >= 11 is 5.85. The number of hydrogen-bond acceptors (Lipinski definition) is 3. The summed E-state index contributed by atoms with van der Waals surface area (Å²) in [4.78, 5) is 12.4. The number of hydrogen-bond donors (Lipinski definition) is 1. The van der Waals surface area contributed by atoms with Crippen LogP contribution in [0, 0.1) is 6.92 Å². The van der Waals surface area contributed by atoms with Gasteiger partial charge in [-0.2, -0.15) is 0 Å². The maximum atomic E-state index is 12.4. The van der Waals surface area contributed by atoms with Crippen molar-refractivity contribution < 1.29 is 14.3 Å². The van der Waals surface area contributed by atoms with Crippen molar-refractivity contribution in [3.8, 4) is 11.5 Å². The van der Waals surface area contributed by atoms with Crippen LogP contribution in [0.15, 0.2) is 36.4 Å². The first-order valence-electron chi connectivity index (χ1n) is 7.06. The molecule has 22 heavy (non-hydrogen) atoms. The van der Waals surface area contributed by atoms with Gasteiger partial charge in [-0.05, 0) is 42.3 Å². The van der Waals surface area contributed by atoms with Gasteiger partial charge in [0.25, 0.3) is 5.91 Å². The molecule has 0 spiro atoms. The summed E-state index contributed by atoms with van der Waals surface area (Å²) in [5.41, 5.74) is 2.45. The molecule has 3 rings (SSSR count). The van der Waals surface area contributed by atoms with Gasteiger partial charge in [0, 0.05) is 17.1 Å². The van der Waals surface area contributed by atoms with E-state index in [1.54, 1.807) is 18.2 Å². The molecule has 0 saturated heterocycles. The smallest absolute Gasteiger partial charge is 0.251 e. The van der Waals surface area contributed by atoms with E-state index in [-0.39, 0.29) is 5.91 Å². The molecule has 1 heterocycles. The first-order valence-corrected chi connectivity index (χ1v) is 7.44. The van der Waals surface area contributed by atoms with Crippen LogP contribution in [0.5, 0.6) is 11.5 Å². The number of rotatable bonds is 3. The fraction of sp³-hybridized carbons (Fsp3) is 0.235. The van der Waals surface area contributed by atoms with Gasteiger partial charge in [-0.1, -0.05) is 23.7 Å². The third kappa shape index (κ3) is 3.17. The summed E-state index contributed by atoms with van der Waals surface area (Å²) in [7, 11) is 0. The Morgan fingerprint density at radius 3 is 2.45 bits per heavy atom. The third-order valence-corrected chi connectivity index (χ3v) is 3.75. The van der Waals surface area contributed by atoms with E-state index in [2.05, 4.69) is 5.32 Å². The molecule has 114 valence electrons. The number of nitrogens with one attached hydrogen (secondary N) is 1. The van der Waals surface area contributed by atoms with E-state index in [1.165, 1.54) is 0 Å². The van der Waals surface area contributed by atoms with Crippen LogP contribution in [0.1, 0.15) is 21.5 Å². The highest BCUT2D eigenvalue weighted by atomic mass is 35.5. The Kier molecular flexibility index (Phi) is 4.20. The first kappa shape index (κ1) is 14.7. The Morgan fingerprint density at radius 2 is 1.77 bits per heavy atom. The van der Waals surface area contributed by atoms with Crippen molar-refractivity contribution in [3.05, 3.63) is 58.1 Å². The van der Waals surface area contributed by atoms with Gasteiger partial charge in [0.15, 0.2) is 11.5 Å². The molecule has 1 amide bonds. The minimum Gasteiger partial charge on any atom is -0.486 e. The average Bonchev–Trinajstić information content (AvgIpc) is 2.53. The molecular weight excluding hydrogens is 302 g/mol. The lowest BCUT2D eigenvalue weighted by atomic mass is 10.1. The number of carbonyl (C=O) groups is 1. The van der Waals surface area contributed by atoms with Crippen molar-refractivity contribution in [1.29, 1.82) is 0 Å². The lowest BCUT2D eigenvalue weighted by Gasteiger charge is -2.20. The van der Waals surface area contributed by atoms with Crippen molar-refractivity contribution >= 4 is 17.5 Å². The number of halogens is 1. The van der Waals surface area contributed by atoms with Crippen molar-refractivity contribution in [1.82, 2.24) is 5.32 Å². The topological polar surface area (TPSA) is 47.6 Å². The maximum Gasteiger partial charge on any atom is 0.251 e. The van der Waals surface area contributed by atoms with Crippen LogP contribution in [-0.4, -0.2) is 19.1 Å². The van der Waals surface area contributed by atoms with Crippen LogP contribution in [0.2, 0.25) is 5.02 Å². The monoisotopic (exact) mass is 317 g/mol. The van der Waals surface area contributed by atoms with E-state index < -0.39 is 0 Å². The van der Waals surface area contributed by atoms with Crippen molar-refractivity contribution in [3.63, 3.8) is 0 Å². The van der Waals surface area contributed by atoms with Crippen LogP contribution >= 0.6 is 11.6 Å². The molecular formula is C17H16ClNO3. The zero-order chi connectivity index (χ0) is 15.5. The molecule has 0 radical (unpaired) electrons. The van der Waals surface area contributed by atoms with Gasteiger partial charge in [-0.25, -0.2) is 0 Å². The maximum absolute atomic E-state index is 12.4. The van der Waals surface area contributed by atoms with Gasteiger partial charge in [0.05, 0.1) is 0 Å². The highest BCUT2D eigenvalue weighted by molar-refractivity contribution is 6.30. The molecule has 4 nitrogen and oxygen atoms in total. The average molecular weight is 318 g/mol. The highest BCUT2D eigenvalue weighted by Crippen LogP contribution is 2.32. The second-order valence-corrected chi connectivity index (χ2v) is 5.56. The van der Waals surface area contributed by atoms with Gasteiger partial charge in [0.1, 0.15) is 13.2 Å². The number of benzene rings is 2. The van der Waals surface area contributed by atoms with E-state index in [0.717, 1.165) is 11.1 Å². The summed E-state index contributed by atoms with van der Waals surface area (Å²) in [5, 5.41) is 3.58. The third-order valence-electron chi connectivity index (χ3n) is 3.50. The molecule has 1 N–H and O–H groups in total. The van der Waals surface area contributed by atoms with Crippen molar-refractivity contribution in [2.75, 3.05) is 13.2 Å². The number of aryl methyl sites for hydroxylation is 1. The second kappa shape index (κ2) is 6.28. The van der Waals surface area contributed by atoms with E-state index >= 15 is 0 Å². The molecule has 5 heteroatoms. The van der Waals surface area contributed by atoms with Crippen LogP contribution in [-0.2, 0) is 6.54 Å². The molecule has 0 saturated carbocycles. The Morgan fingerprint density at radius 1 is 1.14 bits per heavy atom. The zero-order valence-corrected chi connectivity index (χ0v) is 12.9. The van der Waals surface area contributed by atoms with Crippen LogP contribution in [0.4, 0.5) is 0 Å². The fourth-order valence-corrected chi connectivity index (χ4v) is 2.44. The lowest BCUT2D eigenvalue weighted by Crippen LogP contribution is -2.24. The summed E-state index contributed by atoms with van der Waals surface area (Å²) in [6.45, 7) is 3.37. The van der Waals surface area contributed by atoms with Crippen molar-refractivity contribution in [2.24, 2.45) is 0 Å². The molecule has 0 bridgehead atoms. The number of carbonyl (C=O) groups excluding carboxylic acids is 1. The minimum absolute atomic E-state index is 0.135. The molecule has 0 fully saturated rings. The summed E-state index contributed by atoms with van der Waals surface area (Å²) in [6.07, 6.45) is 0. The number of ether oxygens (including phenoxy) is 2.